The highest BCUT2D eigenvalue weighted by Crippen LogP contribution is 2.34. The lowest BCUT2D eigenvalue weighted by molar-refractivity contribution is 0.391. The number of benzene rings is 1. The van der Waals surface area contributed by atoms with Crippen LogP contribution in [-0.4, -0.2) is 35.3 Å². The van der Waals surface area contributed by atoms with Crippen LogP contribution < -0.4 is 4.74 Å². The number of fused-ring (bicyclic) bond motifs is 1. The van der Waals surface area contributed by atoms with Gasteiger partial charge in [0.1, 0.15) is 11.4 Å². The lowest BCUT2D eigenvalue weighted by atomic mass is 10.3. The third-order valence-electron chi connectivity index (χ3n) is 4.41. The Morgan fingerprint density at radius 3 is 2.84 bits per heavy atom. The van der Waals surface area contributed by atoms with Crippen molar-refractivity contribution in [2.24, 2.45) is 0 Å². The van der Waals surface area contributed by atoms with Crippen LogP contribution in [0.25, 0.3) is 5.65 Å². The van der Waals surface area contributed by atoms with Crippen LogP contribution in [0, 0.1) is 0 Å². The molecule has 2 heterocycles. The molecule has 1 aromatic carbocycles. The largest absolute Gasteiger partial charge is 0.497 e. The van der Waals surface area contributed by atoms with Crippen molar-refractivity contribution in [2.75, 3.05) is 7.11 Å². The van der Waals surface area contributed by atoms with Crippen LogP contribution in [0.15, 0.2) is 59.8 Å². The molecule has 0 spiro atoms. The second-order valence-corrected chi connectivity index (χ2v) is 8.03. The number of ether oxygens (including phenoxy) is 1. The number of aromatic nitrogens is 2. The van der Waals surface area contributed by atoms with Gasteiger partial charge in [0, 0.05) is 18.3 Å². The third kappa shape index (κ3) is 3.01. The predicted molar refractivity (Wildman–Crippen MR) is 93.9 cm³/mol. The van der Waals surface area contributed by atoms with Gasteiger partial charge in [0.25, 0.3) is 0 Å². The molecular weight excluding hydrogens is 338 g/mol. The average molecular weight is 357 g/mol. The van der Waals surface area contributed by atoms with Crippen LogP contribution in [0.3, 0.4) is 0 Å². The van der Waals surface area contributed by atoms with Crippen molar-refractivity contribution >= 4 is 15.7 Å². The predicted octanol–water partition coefficient (Wildman–Crippen LogP) is 2.70. The Morgan fingerprint density at radius 2 is 2.08 bits per heavy atom. The number of hydrogen-bond donors (Lipinski definition) is 0. The molecule has 0 bridgehead atoms. The van der Waals surface area contributed by atoms with Crippen molar-refractivity contribution in [3.63, 3.8) is 0 Å². The summed E-state index contributed by atoms with van der Waals surface area (Å²) in [5, 5.41) is 0. The van der Waals surface area contributed by atoms with Crippen LogP contribution in [-0.2, 0) is 16.6 Å². The summed E-state index contributed by atoms with van der Waals surface area (Å²) in [4.78, 5) is 4.61. The summed E-state index contributed by atoms with van der Waals surface area (Å²) in [6.07, 6.45) is 5.42. The third-order valence-corrected chi connectivity index (χ3v) is 6.31. The summed E-state index contributed by atoms with van der Waals surface area (Å²) in [5.41, 5.74) is 1.67. The maximum absolute atomic E-state index is 13.2. The van der Waals surface area contributed by atoms with Gasteiger partial charge in [-0.2, -0.15) is 4.31 Å². The molecule has 0 amide bonds. The molecule has 0 atom stereocenters. The number of sulfonamides is 1. The number of pyridine rings is 1. The number of hydrogen-bond acceptors (Lipinski definition) is 4. The average Bonchev–Trinajstić information content (AvgIpc) is 3.40. The number of methoxy groups -OCH3 is 1. The van der Waals surface area contributed by atoms with E-state index in [1.54, 1.807) is 34.8 Å². The minimum absolute atomic E-state index is 0.0467. The molecule has 1 saturated carbocycles. The van der Waals surface area contributed by atoms with Gasteiger partial charge in [-0.1, -0.05) is 12.1 Å². The standard InChI is InChI=1S/C18H19N3O3S/c1-24-16-5-4-6-17(11-16)25(22,23)21(14-8-9-14)13-15-12-19-18-7-2-3-10-20(15)18/h2-7,10-12,14H,8-9,13H2,1H3. The summed E-state index contributed by atoms with van der Waals surface area (Å²) >= 11 is 0. The van der Waals surface area contributed by atoms with E-state index in [4.69, 9.17) is 4.74 Å². The molecular formula is C18H19N3O3S. The van der Waals surface area contributed by atoms with E-state index in [1.807, 2.05) is 28.8 Å². The maximum atomic E-state index is 13.2. The Morgan fingerprint density at radius 1 is 1.24 bits per heavy atom. The van der Waals surface area contributed by atoms with Crippen molar-refractivity contribution in [3.05, 3.63) is 60.6 Å². The SMILES string of the molecule is COc1cccc(S(=O)(=O)N(Cc2cnc3ccccn23)C2CC2)c1. The molecule has 0 saturated heterocycles. The van der Waals surface area contributed by atoms with E-state index in [-0.39, 0.29) is 10.9 Å². The molecule has 25 heavy (non-hydrogen) atoms. The van der Waals surface area contributed by atoms with Gasteiger partial charge in [-0.15, -0.1) is 0 Å². The molecule has 0 N–H and O–H groups in total. The Labute approximate surface area is 146 Å². The molecule has 0 radical (unpaired) electrons. The molecule has 4 rings (SSSR count). The zero-order valence-electron chi connectivity index (χ0n) is 13.9. The molecule has 7 heteroatoms. The van der Waals surface area contributed by atoms with Crippen LogP contribution in [0.2, 0.25) is 0 Å². The van der Waals surface area contributed by atoms with E-state index in [2.05, 4.69) is 4.98 Å². The topological polar surface area (TPSA) is 63.9 Å². The maximum Gasteiger partial charge on any atom is 0.243 e. The quantitative estimate of drug-likeness (QED) is 0.680. The van der Waals surface area contributed by atoms with E-state index >= 15 is 0 Å². The zero-order valence-corrected chi connectivity index (χ0v) is 14.7. The van der Waals surface area contributed by atoms with Crippen molar-refractivity contribution in [2.45, 2.75) is 30.3 Å². The van der Waals surface area contributed by atoms with Gasteiger partial charge in [0.15, 0.2) is 0 Å². The first-order chi connectivity index (χ1) is 12.1. The van der Waals surface area contributed by atoms with Crippen LogP contribution in [0.1, 0.15) is 18.5 Å². The first-order valence-corrected chi connectivity index (χ1v) is 9.60. The summed E-state index contributed by atoms with van der Waals surface area (Å²) < 4.78 is 35.1. The first kappa shape index (κ1) is 16.1. The lowest BCUT2D eigenvalue weighted by Gasteiger charge is -2.22. The molecule has 1 aliphatic carbocycles. The van der Waals surface area contributed by atoms with Gasteiger partial charge in [-0.05, 0) is 37.1 Å². The summed E-state index contributed by atoms with van der Waals surface area (Å²) in [7, 11) is -2.07. The Kier molecular flexibility index (Phi) is 3.97. The molecule has 1 aliphatic rings. The molecule has 3 aromatic rings. The van der Waals surface area contributed by atoms with E-state index in [9.17, 15) is 8.42 Å². The minimum atomic E-state index is -3.60. The van der Waals surface area contributed by atoms with E-state index in [0.717, 1.165) is 24.2 Å². The number of imidazole rings is 1. The molecule has 1 fully saturated rings. The van der Waals surface area contributed by atoms with Gasteiger partial charge in [-0.3, -0.25) is 0 Å². The lowest BCUT2D eigenvalue weighted by Crippen LogP contribution is -2.33. The van der Waals surface area contributed by atoms with E-state index in [0.29, 0.717) is 12.3 Å². The van der Waals surface area contributed by atoms with Gasteiger partial charge >= 0.3 is 0 Å². The molecule has 2 aromatic heterocycles. The number of nitrogens with zero attached hydrogens (tertiary/aromatic N) is 3. The van der Waals surface area contributed by atoms with Crippen LogP contribution in [0.4, 0.5) is 0 Å². The number of rotatable bonds is 6. The van der Waals surface area contributed by atoms with Gasteiger partial charge in [-0.25, -0.2) is 13.4 Å². The smallest absolute Gasteiger partial charge is 0.243 e. The Hall–Kier alpha value is -2.38. The summed E-state index contributed by atoms with van der Waals surface area (Å²) in [6.45, 7) is 0.301. The molecule has 6 nitrogen and oxygen atoms in total. The fourth-order valence-corrected chi connectivity index (χ4v) is 4.62. The highest BCUT2D eigenvalue weighted by atomic mass is 32.2. The molecule has 130 valence electrons. The normalized spacial score (nSPS) is 15.0. The highest BCUT2D eigenvalue weighted by Gasteiger charge is 2.38. The van der Waals surface area contributed by atoms with Crippen LogP contribution >= 0.6 is 0 Å². The van der Waals surface area contributed by atoms with Crippen molar-refractivity contribution in [1.82, 2.24) is 13.7 Å². The highest BCUT2D eigenvalue weighted by molar-refractivity contribution is 7.89. The van der Waals surface area contributed by atoms with Crippen molar-refractivity contribution in [3.8, 4) is 5.75 Å². The first-order valence-electron chi connectivity index (χ1n) is 8.16. The summed E-state index contributed by atoms with van der Waals surface area (Å²) in [6, 6.07) is 12.4. The monoisotopic (exact) mass is 357 g/mol. The molecule has 0 unspecified atom stereocenters. The second kappa shape index (κ2) is 6.16. The van der Waals surface area contributed by atoms with E-state index < -0.39 is 10.0 Å². The molecule has 0 aliphatic heterocycles. The van der Waals surface area contributed by atoms with E-state index in [1.165, 1.54) is 7.11 Å². The summed E-state index contributed by atoms with van der Waals surface area (Å²) in [5.74, 6) is 0.534. The van der Waals surface area contributed by atoms with Gasteiger partial charge in [0.05, 0.1) is 30.4 Å². The van der Waals surface area contributed by atoms with Gasteiger partial charge in [0.2, 0.25) is 10.0 Å². The van der Waals surface area contributed by atoms with Gasteiger partial charge < -0.3 is 9.14 Å². The Bertz CT molecular complexity index is 1010. The van der Waals surface area contributed by atoms with Crippen molar-refractivity contribution in [1.29, 1.82) is 0 Å². The minimum Gasteiger partial charge on any atom is -0.497 e. The second-order valence-electron chi connectivity index (χ2n) is 6.14. The van der Waals surface area contributed by atoms with Crippen LogP contribution in [0.5, 0.6) is 5.75 Å². The fraction of sp³-hybridized carbons (Fsp3) is 0.278. The zero-order chi connectivity index (χ0) is 17.4. The van der Waals surface area contributed by atoms with Crippen molar-refractivity contribution < 1.29 is 13.2 Å². The fourth-order valence-electron chi connectivity index (χ4n) is 2.93. The Balaban J connectivity index is 1.71.